The molecule has 0 N–H and O–H groups in total. The van der Waals surface area contributed by atoms with Crippen LogP contribution < -0.4 is 9.64 Å². The lowest BCUT2D eigenvalue weighted by molar-refractivity contribution is -0.120. The van der Waals surface area contributed by atoms with Crippen LogP contribution in [0.2, 0.25) is 10.0 Å². The predicted octanol–water partition coefficient (Wildman–Crippen LogP) is 5.35. The zero-order valence-corrected chi connectivity index (χ0v) is 21.1. The molecular weight excluding hydrogens is 481 g/mol. The number of halogens is 2. The van der Waals surface area contributed by atoms with E-state index in [1.165, 1.54) is 22.5 Å². The summed E-state index contributed by atoms with van der Waals surface area (Å²) in [4.78, 5) is 22.1. The number of thiazole rings is 1. The molecule has 0 unspecified atom stereocenters. The minimum atomic E-state index is -0.157. The molecule has 1 aromatic heterocycles. The number of ether oxygens (including phenoxy) is 2. The van der Waals surface area contributed by atoms with Crippen molar-refractivity contribution in [3.8, 4) is 5.75 Å². The molecule has 9 heteroatoms. The van der Waals surface area contributed by atoms with Crippen molar-refractivity contribution in [1.82, 2.24) is 9.88 Å². The van der Waals surface area contributed by atoms with Gasteiger partial charge in [-0.05, 0) is 61.7 Å². The van der Waals surface area contributed by atoms with Crippen LogP contribution in [0.1, 0.15) is 17.5 Å². The SMILES string of the molecule is Cc1cc2nc(N(CCCN3CCOCC3)C(=O)COc3ccc(Cl)cc3Cl)sc2cc1C. The van der Waals surface area contributed by atoms with Gasteiger partial charge < -0.3 is 9.47 Å². The van der Waals surface area contributed by atoms with Crippen molar-refractivity contribution in [2.24, 2.45) is 0 Å². The first kappa shape index (κ1) is 24.2. The molecule has 0 radical (unpaired) electrons. The number of carbonyl (C=O) groups is 1. The van der Waals surface area contributed by atoms with Crippen LogP contribution in [-0.2, 0) is 9.53 Å². The topological polar surface area (TPSA) is 54.9 Å². The van der Waals surface area contributed by atoms with Crippen LogP contribution in [0.3, 0.4) is 0 Å². The Morgan fingerprint density at radius 2 is 1.94 bits per heavy atom. The summed E-state index contributed by atoms with van der Waals surface area (Å²) in [6.07, 6.45) is 0.835. The molecule has 1 aliphatic heterocycles. The summed E-state index contributed by atoms with van der Waals surface area (Å²) >= 11 is 13.7. The fraction of sp³-hybridized carbons (Fsp3) is 0.417. The summed E-state index contributed by atoms with van der Waals surface area (Å²) in [7, 11) is 0. The van der Waals surface area contributed by atoms with Gasteiger partial charge in [-0.2, -0.15) is 0 Å². The van der Waals surface area contributed by atoms with E-state index in [1.807, 2.05) is 0 Å². The number of rotatable bonds is 8. The maximum atomic E-state index is 13.3. The van der Waals surface area contributed by atoms with Crippen LogP contribution in [0.15, 0.2) is 30.3 Å². The molecule has 176 valence electrons. The van der Waals surface area contributed by atoms with Crippen LogP contribution in [0.25, 0.3) is 10.2 Å². The summed E-state index contributed by atoms with van der Waals surface area (Å²) in [6.45, 7) is 8.85. The number of hydrogen-bond donors (Lipinski definition) is 0. The van der Waals surface area contributed by atoms with Crippen LogP contribution in [-0.4, -0.2) is 61.8 Å². The first-order valence-corrected chi connectivity index (χ1v) is 12.5. The number of benzene rings is 2. The number of morpholine rings is 1. The largest absolute Gasteiger partial charge is 0.482 e. The van der Waals surface area contributed by atoms with Crippen LogP contribution in [0, 0.1) is 13.8 Å². The Morgan fingerprint density at radius 3 is 2.70 bits per heavy atom. The second-order valence-corrected chi connectivity index (χ2v) is 9.97. The molecule has 0 bridgehead atoms. The van der Waals surface area contributed by atoms with Gasteiger partial charge in [0, 0.05) is 31.2 Å². The maximum absolute atomic E-state index is 13.3. The molecule has 2 aromatic carbocycles. The Balaban J connectivity index is 1.50. The van der Waals surface area contributed by atoms with Crippen molar-refractivity contribution in [2.45, 2.75) is 20.3 Å². The Morgan fingerprint density at radius 1 is 1.18 bits per heavy atom. The van der Waals surface area contributed by atoms with E-state index in [4.69, 9.17) is 37.7 Å². The number of amides is 1. The Labute approximate surface area is 208 Å². The van der Waals surface area contributed by atoms with E-state index in [2.05, 4.69) is 30.9 Å². The highest BCUT2D eigenvalue weighted by Gasteiger charge is 2.22. The van der Waals surface area contributed by atoms with Crippen molar-refractivity contribution in [3.63, 3.8) is 0 Å². The van der Waals surface area contributed by atoms with E-state index in [0.29, 0.717) is 27.5 Å². The average molecular weight is 508 g/mol. The van der Waals surface area contributed by atoms with Gasteiger partial charge in [0.05, 0.1) is 28.5 Å². The standard InChI is InChI=1S/C24H27Cl2N3O3S/c1-16-12-20-22(13-17(16)2)33-24(27-20)29(7-3-6-28-8-10-31-11-9-28)23(30)15-32-21-5-4-18(25)14-19(21)26/h4-5,12-14H,3,6-11,15H2,1-2H3. The monoisotopic (exact) mass is 507 g/mol. The Bertz CT molecular complexity index is 1090. The van der Waals surface area contributed by atoms with Crippen molar-refractivity contribution in [2.75, 3.05) is 50.9 Å². The second-order valence-electron chi connectivity index (χ2n) is 8.12. The lowest BCUT2D eigenvalue weighted by Crippen LogP contribution is -2.40. The molecule has 1 saturated heterocycles. The molecule has 0 atom stereocenters. The van der Waals surface area contributed by atoms with Gasteiger partial charge in [-0.3, -0.25) is 14.6 Å². The fourth-order valence-corrected chi connectivity index (χ4v) is 5.25. The van der Waals surface area contributed by atoms with Crippen molar-refractivity contribution in [3.05, 3.63) is 51.5 Å². The highest BCUT2D eigenvalue weighted by molar-refractivity contribution is 7.22. The number of anilines is 1. The van der Waals surface area contributed by atoms with Crippen molar-refractivity contribution >= 4 is 55.8 Å². The van der Waals surface area contributed by atoms with E-state index in [9.17, 15) is 4.79 Å². The normalized spacial score (nSPS) is 14.5. The minimum absolute atomic E-state index is 0.132. The van der Waals surface area contributed by atoms with Gasteiger partial charge in [0.25, 0.3) is 5.91 Å². The van der Waals surface area contributed by atoms with E-state index in [-0.39, 0.29) is 12.5 Å². The maximum Gasteiger partial charge on any atom is 0.266 e. The number of nitrogens with zero attached hydrogens (tertiary/aromatic N) is 3. The molecule has 0 aliphatic carbocycles. The van der Waals surface area contributed by atoms with E-state index in [1.54, 1.807) is 23.1 Å². The lowest BCUT2D eigenvalue weighted by Gasteiger charge is -2.27. The third-order valence-corrected chi connectivity index (χ3v) is 7.30. The van der Waals surface area contributed by atoms with Gasteiger partial charge in [-0.1, -0.05) is 34.5 Å². The zero-order chi connectivity index (χ0) is 23.4. The van der Waals surface area contributed by atoms with Crippen molar-refractivity contribution in [1.29, 1.82) is 0 Å². The highest BCUT2D eigenvalue weighted by atomic mass is 35.5. The van der Waals surface area contributed by atoms with Crippen molar-refractivity contribution < 1.29 is 14.3 Å². The lowest BCUT2D eigenvalue weighted by atomic mass is 10.1. The third kappa shape index (κ3) is 6.16. The molecule has 1 amide bonds. The molecule has 1 fully saturated rings. The highest BCUT2D eigenvalue weighted by Crippen LogP contribution is 2.32. The van der Waals surface area contributed by atoms with E-state index in [0.717, 1.165) is 49.5 Å². The Hall–Kier alpha value is -1.90. The number of carbonyl (C=O) groups excluding carboxylic acids is 1. The minimum Gasteiger partial charge on any atom is -0.482 e. The van der Waals surface area contributed by atoms with Gasteiger partial charge in [0.15, 0.2) is 11.7 Å². The summed E-state index contributed by atoms with van der Waals surface area (Å²) in [6, 6.07) is 9.16. The zero-order valence-electron chi connectivity index (χ0n) is 18.8. The van der Waals surface area contributed by atoms with Crippen LogP contribution >= 0.6 is 34.5 Å². The Kier molecular flexibility index (Phi) is 8.09. The molecule has 4 rings (SSSR count). The first-order valence-electron chi connectivity index (χ1n) is 11.0. The second kappa shape index (κ2) is 11.0. The first-order chi connectivity index (χ1) is 15.9. The number of aryl methyl sites for hydroxylation is 2. The number of fused-ring (bicyclic) bond motifs is 1. The number of hydrogen-bond acceptors (Lipinski definition) is 6. The molecule has 2 heterocycles. The molecule has 33 heavy (non-hydrogen) atoms. The summed E-state index contributed by atoms with van der Waals surface area (Å²) < 4.78 is 12.2. The third-order valence-electron chi connectivity index (χ3n) is 5.73. The fourth-order valence-electron chi connectivity index (χ4n) is 3.70. The smallest absolute Gasteiger partial charge is 0.266 e. The quantitative estimate of drug-likeness (QED) is 0.411. The van der Waals surface area contributed by atoms with Gasteiger partial charge in [0.1, 0.15) is 5.75 Å². The molecule has 6 nitrogen and oxygen atoms in total. The predicted molar refractivity (Wildman–Crippen MR) is 135 cm³/mol. The molecule has 0 saturated carbocycles. The van der Waals surface area contributed by atoms with Crippen LogP contribution in [0.5, 0.6) is 5.75 Å². The average Bonchev–Trinajstić information content (AvgIpc) is 3.19. The van der Waals surface area contributed by atoms with E-state index < -0.39 is 0 Å². The van der Waals surface area contributed by atoms with Gasteiger partial charge >= 0.3 is 0 Å². The summed E-state index contributed by atoms with van der Waals surface area (Å²) in [5.74, 6) is 0.272. The molecule has 3 aromatic rings. The van der Waals surface area contributed by atoms with E-state index >= 15 is 0 Å². The summed E-state index contributed by atoms with van der Waals surface area (Å²) in [5.41, 5.74) is 3.31. The van der Waals surface area contributed by atoms with Crippen LogP contribution in [0.4, 0.5) is 5.13 Å². The number of aromatic nitrogens is 1. The van der Waals surface area contributed by atoms with Gasteiger partial charge in [-0.25, -0.2) is 4.98 Å². The molecular formula is C24H27Cl2N3O3S. The molecule has 1 aliphatic rings. The summed E-state index contributed by atoms with van der Waals surface area (Å²) in [5, 5.41) is 1.58. The molecule has 0 spiro atoms. The van der Waals surface area contributed by atoms with Gasteiger partial charge in [-0.15, -0.1) is 0 Å². The van der Waals surface area contributed by atoms with Gasteiger partial charge in [0.2, 0.25) is 0 Å².